The van der Waals surface area contributed by atoms with Gasteiger partial charge < -0.3 is 10.6 Å². The topological polar surface area (TPSA) is 97.2 Å². The first kappa shape index (κ1) is 14.7. The first-order valence-corrected chi connectivity index (χ1v) is 7.01. The van der Waals surface area contributed by atoms with Gasteiger partial charge in [0.25, 0.3) is 5.69 Å². The predicted molar refractivity (Wildman–Crippen MR) is 86.8 cm³/mol. The number of carbonyl (C=O) groups excluding carboxylic acids is 1. The molecule has 1 atom stereocenters. The molecule has 0 fully saturated rings. The first-order valence-electron chi connectivity index (χ1n) is 7.01. The zero-order chi connectivity index (χ0) is 16.4. The molecule has 1 aromatic carbocycles. The van der Waals surface area contributed by atoms with Gasteiger partial charge in [-0.3, -0.25) is 19.9 Å². The number of allylic oxidation sites excluding steroid dienone is 1. The van der Waals surface area contributed by atoms with Crippen LogP contribution in [0.2, 0.25) is 0 Å². The van der Waals surface area contributed by atoms with Crippen molar-refractivity contribution in [3.05, 3.63) is 65.0 Å². The molecule has 0 bridgehead atoms. The molecule has 0 saturated carbocycles. The van der Waals surface area contributed by atoms with Crippen molar-refractivity contribution < 1.29 is 9.72 Å². The summed E-state index contributed by atoms with van der Waals surface area (Å²) in [6.45, 7) is 3.63. The van der Waals surface area contributed by atoms with E-state index in [0.717, 1.165) is 0 Å². The van der Waals surface area contributed by atoms with Crippen LogP contribution in [0.25, 0.3) is 0 Å². The van der Waals surface area contributed by atoms with Gasteiger partial charge in [0.1, 0.15) is 5.69 Å². The molecule has 1 aliphatic heterocycles. The fraction of sp³-hybridized carbons (Fsp3) is 0.125. The van der Waals surface area contributed by atoms with Crippen molar-refractivity contribution in [2.45, 2.75) is 12.3 Å². The molecular formula is C16H14N4O3. The highest BCUT2D eigenvalue weighted by molar-refractivity contribution is 6.04. The molecule has 7 nitrogen and oxygen atoms in total. The fourth-order valence-corrected chi connectivity index (χ4v) is 2.60. The Morgan fingerprint density at radius 2 is 2.13 bits per heavy atom. The summed E-state index contributed by atoms with van der Waals surface area (Å²) in [6.07, 6.45) is 5.24. The van der Waals surface area contributed by atoms with Gasteiger partial charge in [-0.25, -0.2) is 0 Å². The summed E-state index contributed by atoms with van der Waals surface area (Å²) in [5.74, 6) is -0.605. The summed E-state index contributed by atoms with van der Waals surface area (Å²) in [4.78, 5) is 26.8. The van der Waals surface area contributed by atoms with E-state index in [2.05, 4.69) is 22.2 Å². The van der Waals surface area contributed by atoms with Gasteiger partial charge in [-0.2, -0.15) is 0 Å². The van der Waals surface area contributed by atoms with Gasteiger partial charge in [0.05, 0.1) is 10.8 Å². The summed E-state index contributed by atoms with van der Waals surface area (Å²) >= 11 is 0. The maximum atomic E-state index is 12.0. The molecule has 0 spiro atoms. The monoisotopic (exact) mass is 310 g/mol. The van der Waals surface area contributed by atoms with E-state index in [1.807, 2.05) is 0 Å². The molecule has 2 aromatic rings. The average molecular weight is 310 g/mol. The number of pyridine rings is 1. The second-order valence-corrected chi connectivity index (χ2v) is 5.14. The molecule has 116 valence electrons. The molecule has 0 saturated heterocycles. The maximum Gasteiger partial charge on any atom is 0.293 e. The van der Waals surface area contributed by atoms with E-state index in [-0.39, 0.29) is 11.6 Å². The zero-order valence-electron chi connectivity index (χ0n) is 12.2. The smallest absolute Gasteiger partial charge is 0.293 e. The molecule has 1 aliphatic rings. The summed E-state index contributed by atoms with van der Waals surface area (Å²) in [7, 11) is 0. The Labute approximate surface area is 132 Å². The quantitative estimate of drug-likeness (QED) is 0.501. The second-order valence-electron chi connectivity index (χ2n) is 5.14. The Balaban J connectivity index is 2.05. The zero-order valence-corrected chi connectivity index (χ0v) is 12.2. The lowest BCUT2D eigenvalue weighted by Crippen LogP contribution is -2.10. The van der Waals surface area contributed by atoms with Crippen molar-refractivity contribution in [2.24, 2.45) is 0 Å². The van der Waals surface area contributed by atoms with Gasteiger partial charge in [0.2, 0.25) is 5.91 Å². The van der Waals surface area contributed by atoms with Gasteiger partial charge >= 0.3 is 0 Å². The number of carbonyl (C=O) groups is 1. The summed E-state index contributed by atoms with van der Waals surface area (Å²) in [5, 5.41) is 17.1. The highest BCUT2D eigenvalue weighted by Crippen LogP contribution is 2.41. The van der Waals surface area contributed by atoms with Crippen molar-refractivity contribution in [1.82, 2.24) is 4.98 Å². The number of nitrogens with one attached hydrogen (secondary N) is 2. The van der Waals surface area contributed by atoms with Crippen LogP contribution in [-0.2, 0) is 4.79 Å². The minimum Gasteiger partial charge on any atom is -0.350 e. The Morgan fingerprint density at radius 3 is 2.78 bits per heavy atom. The SMILES string of the molecule is C=CCC1C(=O)Nc2cc(Nc3ccncc3)c([N+](=O)[O-])cc21. The minimum atomic E-state index is -0.461. The number of anilines is 3. The third-order valence-corrected chi connectivity index (χ3v) is 3.68. The van der Waals surface area contributed by atoms with Crippen LogP contribution in [0.3, 0.4) is 0 Å². The van der Waals surface area contributed by atoms with Gasteiger partial charge in [0.15, 0.2) is 0 Å². The van der Waals surface area contributed by atoms with Crippen LogP contribution in [0.5, 0.6) is 0 Å². The molecule has 2 heterocycles. The summed E-state index contributed by atoms with van der Waals surface area (Å²) in [5.41, 5.74) is 2.13. The molecular weight excluding hydrogens is 296 g/mol. The number of benzene rings is 1. The van der Waals surface area contributed by atoms with Crippen LogP contribution in [0.15, 0.2) is 49.3 Å². The van der Waals surface area contributed by atoms with Crippen LogP contribution in [0.1, 0.15) is 17.9 Å². The van der Waals surface area contributed by atoms with E-state index < -0.39 is 10.8 Å². The van der Waals surface area contributed by atoms with Gasteiger partial charge in [-0.15, -0.1) is 6.58 Å². The Morgan fingerprint density at radius 1 is 1.39 bits per heavy atom. The van der Waals surface area contributed by atoms with E-state index in [1.54, 1.807) is 36.7 Å². The van der Waals surface area contributed by atoms with Gasteiger partial charge in [-0.05, 0) is 30.2 Å². The molecule has 2 N–H and O–H groups in total. The van der Waals surface area contributed by atoms with E-state index in [1.165, 1.54) is 6.07 Å². The van der Waals surface area contributed by atoms with E-state index >= 15 is 0 Å². The standard InChI is InChI=1S/C16H14N4O3/c1-2-3-11-12-8-15(20(22)23)14(9-13(12)19-16(11)21)18-10-4-6-17-7-5-10/h2,4-9,11H,1,3H2,(H,17,18)(H,19,21). The molecule has 1 aromatic heterocycles. The predicted octanol–water partition coefficient (Wildman–Crippen LogP) is 3.35. The molecule has 0 radical (unpaired) electrons. The lowest BCUT2D eigenvalue weighted by molar-refractivity contribution is -0.384. The normalized spacial score (nSPS) is 15.7. The number of nitro groups is 1. The number of rotatable bonds is 5. The number of nitro benzene ring substituents is 1. The second kappa shape index (κ2) is 5.88. The Bertz CT molecular complexity index is 789. The number of hydrogen-bond donors (Lipinski definition) is 2. The lowest BCUT2D eigenvalue weighted by Gasteiger charge is -2.10. The molecule has 1 unspecified atom stereocenters. The van der Waals surface area contributed by atoms with Crippen molar-refractivity contribution >= 4 is 28.7 Å². The lowest BCUT2D eigenvalue weighted by atomic mass is 9.96. The molecule has 1 amide bonds. The van der Waals surface area contributed by atoms with Crippen molar-refractivity contribution in [2.75, 3.05) is 10.6 Å². The van der Waals surface area contributed by atoms with Crippen molar-refractivity contribution in [3.63, 3.8) is 0 Å². The van der Waals surface area contributed by atoms with Crippen LogP contribution in [0.4, 0.5) is 22.7 Å². The third kappa shape index (κ3) is 2.76. The van der Waals surface area contributed by atoms with E-state index in [4.69, 9.17) is 0 Å². The highest BCUT2D eigenvalue weighted by atomic mass is 16.6. The molecule has 3 rings (SSSR count). The highest BCUT2D eigenvalue weighted by Gasteiger charge is 2.32. The number of hydrogen-bond acceptors (Lipinski definition) is 5. The number of aromatic nitrogens is 1. The van der Waals surface area contributed by atoms with Crippen molar-refractivity contribution in [1.29, 1.82) is 0 Å². The van der Waals surface area contributed by atoms with Crippen molar-refractivity contribution in [3.8, 4) is 0 Å². The number of amides is 1. The summed E-state index contributed by atoms with van der Waals surface area (Å²) < 4.78 is 0. The molecule has 7 heteroatoms. The van der Waals surface area contributed by atoms with Crippen LogP contribution in [0, 0.1) is 10.1 Å². The largest absolute Gasteiger partial charge is 0.350 e. The van der Waals surface area contributed by atoms with Gasteiger partial charge in [-0.1, -0.05) is 6.08 Å². The summed E-state index contributed by atoms with van der Waals surface area (Å²) in [6, 6.07) is 6.45. The van der Waals surface area contributed by atoms with Gasteiger partial charge in [0, 0.05) is 29.8 Å². The molecule has 23 heavy (non-hydrogen) atoms. The minimum absolute atomic E-state index is 0.0777. The van der Waals surface area contributed by atoms with Crippen LogP contribution in [-0.4, -0.2) is 15.8 Å². The van der Waals surface area contributed by atoms with Crippen LogP contribution < -0.4 is 10.6 Å². The average Bonchev–Trinajstić information content (AvgIpc) is 2.83. The maximum absolute atomic E-state index is 12.0. The Hall–Kier alpha value is -3.22. The number of fused-ring (bicyclic) bond motifs is 1. The van der Waals surface area contributed by atoms with E-state index in [0.29, 0.717) is 29.0 Å². The number of nitrogens with zero attached hydrogens (tertiary/aromatic N) is 2. The molecule has 0 aliphatic carbocycles. The van der Waals surface area contributed by atoms with Crippen LogP contribution >= 0.6 is 0 Å². The Kier molecular flexibility index (Phi) is 3.76. The third-order valence-electron chi connectivity index (χ3n) is 3.68. The van der Waals surface area contributed by atoms with E-state index in [9.17, 15) is 14.9 Å². The fourth-order valence-electron chi connectivity index (χ4n) is 2.60. The first-order chi connectivity index (χ1) is 11.1.